The Morgan fingerprint density at radius 3 is 2.93 bits per heavy atom. The average Bonchev–Trinajstić information content (AvgIpc) is 2.64. The van der Waals surface area contributed by atoms with Crippen LogP contribution in [0.2, 0.25) is 0 Å². The molecule has 2 nitrogen and oxygen atoms in total. The molecule has 15 heavy (non-hydrogen) atoms. The number of thiazole rings is 1. The van der Waals surface area contributed by atoms with Crippen LogP contribution in [0.15, 0.2) is 23.7 Å². The van der Waals surface area contributed by atoms with E-state index in [-0.39, 0.29) is 12.0 Å². The number of benzene rings is 1. The van der Waals surface area contributed by atoms with Gasteiger partial charge in [-0.15, -0.1) is 11.3 Å². The Balaban J connectivity index is 2.10. The van der Waals surface area contributed by atoms with Gasteiger partial charge < -0.3 is 5.11 Å². The first-order valence-corrected chi connectivity index (χ1v) is 6.17. The highest BCUT2D eigenvalue weighted by molar-refractivity contribution is 7.16. The van der Waals surface area contributed by atoms with E-state index in [0.29, 0.717) is 0 Å². The Hall–Kier alpha value is -0.930. The smallest absolute Gasteiger partial charge is 0.0812 e. The van der Waals surface area contributed by atoms with Gasteiger partial charge in [-0.05, 0) is 30.5 Å². The number of hydrogen-bond donors (Lipinski definition) is 1. The molecule has 0 amide bonds. The topological polar surface area (TPSA) is 33.1 Å². The zero-order valence-corrected chi connectivity index (χ0v) is 9.26. The summed E-state index contributed by atoms with van der Waals surface area (Å²) in [5, 5.41) is 9.50. The lowest BCUT2D eigenvalue weighted by molar-refractivity contribution is 0.120. The number of aromatic nitrogens is 1. The van der Waals surface area contributed by atoms with E-state index in [2.05, 4.69) is 23.2 Å². The van der Waals surface area contributed by atoms with Gasteiger partial charge in [-0.25, -0.2) is 4.98 Å². The lowest BCUT2D eigenvalue weighted by atomic mass is 9.65. The molecule has 0 bridgehead atoms. The molecule has 0 atom stereocenters. The number of aliphatic hydroxyl groups is 1. The molecule has 2 aromatic rings. The zero-order valence-electron chi connectivity index (χ0n) is 8.44. The molecule has 1 aromatic heterocycles. The average molecular weight is 219 g/mol. The van der Waals surface area contributed by atoms with E-state index in [1.54, 1.807) is 11.3 Å². The Morgan fingerprint density at radius 1 is 1.40 bits per heavy atom. The molecule has 0 radical (unpaired) electrons. The van der Waals surface area contributed by atoms with Crippen molar-refractivity contribution >= 4 is 21.6 Å². The van der Waals surface area contributed by atoms with E-state index in [4.69, 9.17) is 0 Å². The van der Waals surface area contributed by atoms with Crippen LogP contribution < -0.4 is 0 Å². The molecule has 0 aliphatic heterocycles. The van der Waals surface area contributed by atoms with Gasteiger partial charge in [0, 0.05) is 5.41 Å². The van der Waals surface area contributed by atoms with Crippen molar-refractivity contribution in [2.75, 3.05) is 6.61 Å². The Labute approximate surface area is 92.6 Å². The van der Waals surface area contributed by atoms with Crippen LogP contribution >= 0.6 is 11.3 Å². The van der Waals surface area contributed by atoms with E-state index in [1.165, 1.54) is 16.7 Å². The molecule has 3 heteroatoms. The fourth-order valence-electron chi connectivity index (χ4n) is 2.33. The summed E-state index contributed by atoms with van der Waals surface area (Å²) in [6.45, 7) is 0.275. The van der Waals surface area contributed by atoms with E-state index < -0.39 is 0 Å². The molecule has 78 valence electrons. The van der Waals surface area contributed by atoms with E-state index in [9.17, 15) is 5.11 Å². The molecule has 3 rings (SSSR count). The Morgan fingerprint density at radius 2 is 2.27 bits per heavy atom. The lowest BCUT2D eigenvalue weighted by Crippen LogP contribution is -2.37. The minimum absolute atomic E-state index is 0.0537. The van der Waals surface area contributed by atoms with Crippen molar-refractivity contribution in [3.05, 3.63) is 29.3 Å². The summed E-state index contributed by atoms with van der Waals surface area (Å²) in [4.78, 5) is 4.27. The lowest BCUT2D eigenvalue weighted by Gasteiger charge is -2.40. The highest BCUT2D eigenvalue weighted by Crippen LogP contribution is 2.44. The van der Waals surface area contributed by atoms with Crippen molar-refractivity contribution in [2.45, 2.75) is 24.7 Å². The predicted molar refractivity (Wildman–Crippen MR) is 62.2 cm³/mol. The second-order valence-electron chi connectivity index (χ2n) is 4.33. The Kier molecular flexibility index (Phi) is 2.04. The van der Waals surface area contributed by atoms with Crippen molar-refractivity contribution < 1.29 is 5.11 Å². The van der Waals surface area contributed by atoms with Gasteiger partial charge in [-0.3, -0.25) is 0 Å². The highest BCUT2D eigenvalue weighted by Gasteiger charge is 2.38. The first-order chi connectivity index (χ1) is 7.34. The SMILES string of the molecule is OCC1(c2ccc3ncsc3c2)CCC1. The summed E-state index contributed by atoms with van der Waals surface area (Å²) >= 11 is 1.67. The fourth-order valence-corrected chi connectivity index (χ4v) is 3.04. The molecular weight excluding hydrogens is 206 g/mol. The summed E-state index contributed by atoms with van der Waals surface area (Å²) in [6, 6.07) is 6.39. The molecule has 1 aliphatic rings. The second kappa shape index (κ2) is 3.29. The van der Waals surface area contributed by atoms with Gasteiger partial charge >= 0.3 is 0 Å². The van der Waals surface area contributed by atoms with Crippen LogP contribution in [0.4, 0.5) is 0 Å². The third-order valence-electron chi connectivity index (χ3n) is 3.56. The zero-order chi connectivity index (χ0) is 10.3. The standard InChI is InChI=1S/C12H13NOS/c14-7-12(4-1-5-12)9-2-3-10-11(6-9)15-8-13-10/h2-3,6,8,14H,1,4-5,7H2. The summed E-state index contributed by atoms with van der Waals surface area (Å²) in [7, 11) is 0. The third kappa shape index (κ3) is 1.30. The van der Waals surface area contributed by atoms with Crippen molar-refractivity contribution in [2.24, 2.45) is 0 Å². The molecule has 0 saturated heterocycles. The van der Waals surface area contributed by atoms with E-state index >= 15 is 0 Å². The number of nitrogens with zero attached hydrogens (tertiary/aromatic N) is 1. The van der Waals surface area contributed by atoms with Crippen LogP contribution in [0.5, 0.6) is 0 Å². The first-order valence-electron chi connectivity index (χ1n) is 5.29. The van der Waals surface area contributed by atoms with Gasteiger partial charge in [0.15, 0.2) is 0 Å². The molecule has 1 aliphatic carbocycles. The van der Waals surface area contributed by atoms with Gasteiger partial charge in [0.1, 0.15) is 0 Å². The molecule has 1 saturated carbocycles. The van der Waals surface area contributed by atoms with Gasteiger partial charge in [0.05, 0.1) is 22.3 Å². The van der Waals surface area contributed by atoms with Crippen LogP contribution in [0.1, 0.15) is 24.8 Å². The molecule has 1 N–H and O–H groups in total. The maximum Gasteiger partial charge on any atom is 0.0812 e. The monoisotopic (exact) mass is 219 g/mol. The Bertz CT molecular complexity index is 482. The molecule has 1 fully saturated rings. The number of fused-ring (bicyclic) bond motifs is 1. The fraction of sp³-hybridized carbons (Fsp3) is 0.417. The summed E-state index contributed by atoms with van der Waals surface area (Å²) in [5.74, 6) is 0. The molecule has 0 spiro atoms. The highest BCUT2D eigenvalue weighted by atomic mass is 32.1. The largest absolute Gasteiger partial charge is 0.395 e. The van der Waals surface area contributed by atoms with Crippen LogP contribution in [0.25, 0.3) is 10.2 Å². The summed E-state index contributed by atoms with van der Waals surface area (Å²) in [5.41, 5.74) is 4.28. The van der Waals surface area contributed by atoms with Crippen molar-refractivity contribution in [3.8, 4) is 0 Å². The van der Waals surface area contributed by atoms with E-state index in [0.717, 1.165) is 18.4 Å². The summed E-state index contributed by atoms with van der Waals surface area (Å²) in [6.07, 6.45) is 3.48. The van der Waals surface area contributed by atoms with Crippen LogP contribution in [0, 0.1) is 0 Å². The van der Waals surface area contributed by atoms with Crippen molar-refractivity contribution in [3.63, 3.8) is 0 Å². The van der Waals surface area contributed by atoms with Crippen molar-refractivity contribution in [1.82, 2.24) is 4.98 Å². The minimum atomic E-state index is 0.0537. The first kappa shape index (κ1) is 9.31. The molecule has 1 heterocycles. The predicted octanol–water partition coefficient (Wildman–Crippen LogP) is 2.71. The van der Waals surface area contributed by atoms with E-state index in [1.807, 2.05) is 5.51 Å². The number of rotatable bonds is 2. The van der Waals surface area contributed by atoms with Gasteiger partial charge in [0.2, 0.25) is 0 Å². The van der Waals surface area contributed by atoms with Crippen LogP contribution in [0.3, 0.4) is 0 Å². The molecule has 1 aromatic carbocycles. The third-order valence-corrected chi connectivity index (χ3v) is 4.35. The normalized spacial score (nSPS) is 19.0. The maximum atomic E-state index is 9.50. The maximum absolute atomic E-state index is 9.50. The molecule has 0 unspecified atom stereocenters. The number of hydrogen-bond acceptors (Lipinski definition) is 3. The van der Waals surface area contributed by atoms with Gasteiger partial charge in [-0.1, -0.05) is 12.5 Å². The number of aliphatic hydroxyl groups excluding tert-OH is 1. The van der Waals surface area contributed by atoms with Gasteiger partial charge in [0.25, 0.3) is 0 Å². The molecular formula is C12H13NOS. The second-order valence-corrected chi connectivity index (χ2v) is 5.21. The quantitative estimate of drug-likeness (QED) is 0.842. The minimum Gasteiger partial charge on any atom is -0.395 e. The van der Waals surface area contributed by atoms with Gasteiger partial charge in [-0.2, -0.15) is 0 Å². The summed E-state index contributed by atoms with van der Waals surface area (Å²) < 4.78 is 1.23. The van der Waals surface area contributed by atoms with Crippen molar-refractivity contribution in [1.29, 1.82) is 0 Å². The van der Waals surface area contributed by atoms with Crippen LogP contribution in [-0.2, 0) is 5.41 Å². The van der Waals surface area contributed by atoms with Crippen LogP contribution in [-0.4, -0.2) is 16.7 Å².